The third-order valence-electron chi connectivity index (χ3n) is 5.72. The first-order chi connectivity index (χ1) is 15.5. The Morgan fingerprint density at radius 3 is 2.75 bits per heavy atom. The number of amides is 1. The van der Waals surface area contributed by atoms with E-state index in [1.807, 2.05) is 13.0 Å². The highest BCUT2D eigenvalue weighted by Gasteiger charge is 2.23. The van der Waals surface area contributed by atoms with Crippen LogP contribution in [0.1, 0.15) is 54.5 Å². The molecule has 0 aliphatic carbocycles. The van der Waals surface area contributed by atoms with Gasteiger partial charge in [-0.15, -0.1) is 0 Å². The van der Waals surface area contributed by atoms with E-state index in [0.717, 1.165) is 16.7 Å². The van der Waals surface area contributed by atoms with Crippen molar-refractivity contribution in [1.29, 1.82) is 0 Å². The number of halogens is 1. The Hall–Kier alpha value is -3.13. The number of hydrogen-bond acceptors (Lipinski definition) is 6. The number of ketones is 1. The lowest BCUT2D eigenvalue weighted by molar-refractivity contribution is -0.118. The van der Waals surface area contributed by atoms with Gasteiger partial charge >= 0.3 is 6.09 Å². The molecule has 2 aliphatic rings. The summed E-state index contributed by atoms with van der Waals surface area (Å²) >= 11 is 0. The lowest BCUT2D eigenvalue weighted by atomic mass is 9.94. The second kappa shape index (κ2) is 9.99. The van der Waals surface area contributed by atoms with Crippen molar-refractivity contribution in [3.8, 4) is 0 Å². The van der Waals surface area contributed by atoms with E-state index in [-0.39, 0.29) is 30.0 Å². The van der Waals surface area contributed by atoms with E-state index < -0.39 is 6.09 Å². The number of ether oxygens (including phenoxy) is 2. The van der Waals surface area contributed by atoms with Crippen molar-refractivity contribution in [2.24, 2.45) is 4.99 Å². The molecule has 0 bridgehead atoms. The van der Waals surface area contributed by atoms with Crippen molar-refractivity contribution in [1.82, 2.24) is 10.3 Å². The molecule has 0 spiro atoms. The fourth-order valence-electron chi connectivity index (χ4n) is 3.94. The fourth-order valence-corrected chi connectivity index (χ4v) is 3.94. The van der Waals surface area contributed by atoms with Crippen LogP contribution < -0.4 is 5.32 Å². The van der Waals surface area contributed by atoms with E-state index in [0.29, 0.717) is 50.6 Å². The number of Topliss-reactive ketones (excluding diaryl/α,β-unsaturated/α-hetero) is 1. The van der Waals surface area contributed by atoms with Gasteiger partial charge in [-0.3, -0.25) is 20.1 Å². The number of rotatable bonds is 6. The quantitative estimate of drug-likeness (QED) is 0.741. The maximum atomic E-state index is 13.1. The zero-order chi connectivity index (χ0) is 22.5. The molecule has 8 heteroatoms. The largest absolute Gasteiger partial charge is 0.446 e. The maximum absolute atomic E-state index is 13.1. The molecule has 0 saturated carbocycles. The third kappa shape index (κ3) is 5.56. The van der Waals surface area contributed by atoms with Gasteiger partial charge in [-0.05, 0) is 35.2 Å². The molecule has 2 aliphatic heterocycles. The molecule has 1 saturated heterocycles. The number of alkyl carbamates (subject to hydrolysis) is 1. The molecule has 168 valence electrons. The number of nitrogens with zero attached hydrogens (tertiary/aromatic N) is 2. The van der Waals surface area contributed by atoms with Gasteiger partial charge in [0.1, 0.15) is 23.5 Å². The van der Waals surface area contributed by atoms with Crippen LogP contribution in [0, 0.1) is 5.82 Å². The number of carbonyl (C=O) groups is 2. The average molecular weight is 439 g/mol. The van der Waals surface area contributed by atoms with Gasteiger partial charge < -0.3 is 9.47 Å². The van der Waals surface area contributed by atoms with Crippen LogP contribution in [0.15, 0.2) is 41.5 Å². The van der Waals surface area contributed by atoms with E-state index in [1.54, 1.807) is 18.3 Å². The topological polar surface area (TPSA) is 89.9 Å². The third-order valence-corrected chi connectivity index (χ3v) is 5.72. The SMILES string of the molecule is C[C@@H](CC(=O)Cc1cc2c(cn1)C(NC(=O)OC1CCOCC1)=NC2)c1ccc(F)cc1. The van der Waals surface area contributed by atoms with Crippen molar-refractivity contribution in [2.45, 2.75) is 51.2 Å². The average Bonchev–Trinajstić information content (AvgIpc) is 3.16. The van der Waals surface area contributed by atoms with Crippen LogP contribution in [0.5, 0.6) is 0 Å². The lowest BCUT2D eigenvalue weighted by Crippen LogP contribution is -2.35. The molecule has 1 amide bonds. The van der Waals surface area contributed by atoms with Gasteiger partial charge in [0.2, 0.25) is 0 Å². The standard InChI is InChI=1S/C24H26FN3O4/c1-15(16-2-4-18(25)5-3-16)10-20(29)12-19-11-17-13-27-23(22(17)14-26-19)28-24(30)32-21-6-8-31-9-7-21/h2-5,11,14-15,21H,6-10,12-13H2,1H3,(H,27,28,30)/t15-/m0/s1. The number of nitrogens with one attached hydrogen (secondary N) is 1. The number of benzene rings is 1. The molecule has 1 atom stereocenters. The summed E-state index contributed by atoms with van der Waals surface area (Å²) in [5.41, 5.74) is 3.25. The molecule has 1 aromatic heterocycles. The van der Waals surface area contributed by atoms with Crippen molar-refractivity contribution < 1.29 is 23.5 Å². The highest BCUT2D eigenvalue weighted by atomic mass is 19.1. The normalized spacial score (nSPS) is 16.8. The second-order valence-corrected chi connectivity index (χ2v) is 8.21. The minimum atomic E-state index is -0.530. The molecule has 1 N–H and O–H groups in total. The summed E-state index contributed by atoms with van der Waals surface area (Å²) in [4.78, 5) is 33.5. The van der Waals surface area contributed by atoms with Gasteiger partial charge in [-0.1, -0.05) is 19.1 Å². The monoisotopic (exact) mass is 439 g/mol. The van der Waals surface area contributed by atoms with Gasteiger partial charge in [-0.25, -0.2) is 9.18 Å². The first-order valence-electron chi connectivity index (χ1n) is 10.8. The summed E-state index contributed by atoms with van der Waals surface area (Å²) in [6.07, 6.45) is 2.91. The van der Waals surface area contributed by atoms with Crippen LogP contribution in [0.4, 0.5) is 9.18 Å². The Bertz CT molecular complexity index is 1020. The van der Waals surface area contributed by atoms with E-state index in [4.69, 9.17) is 9.47 Å². The van der Waals surface area contributed by atoms with Crippen molar-refractivity contribution >= 4 is 17.7 Å². The number of pyridine rings is 1. The molecule has 4 rings (SSSR count). The summed E-state index contributed by atoms with van der Waals surface area (Å²) < 4.78 is 23.8. The maximum Gasteiger partial charge on any atom is 0.413 e. The number of fused-ring (bicyclic) bond motifs is 1. The van der Waals surface area contributed by atoms with Gasteiger partial charge in [0.15, 0.2) is 0 Å². The Balaban J connectivity index is 1.31. The Morgan fingerprint density at radius 2 is 2.00 bits per heavy atom. The number of carbonyl (C=O) groups excluding carboxylic acids is 2. The molecule has 1 aromatic carbocycles. The Morgan fingerprint density at radius 1 is 1.25 bits per heavy atom. The Kier molecular flexibility index (Phi) is 6.90. The second-order valence-electron chi connectivity index (χ2n) is 8.21. The van der Waals surface area contributed by atoms with Crippen LogP contribution in [-0.4, -0.2) is 42.0 Å². The minimum Gasteiger partial charge on any atom is -0.446 e. The number of amidine groups is 1. The molecule has 3 heterocycles. The fraction of sp³-hybridized carbons (Fsp3) is 0.417. The molecule has 0 unspecified atom stereocenters. The van der Waals surface area contributed by atoms with Crippen molar-refractivity contribution in [3.05, 3.63) is 64.7 Å². The first-order valence-corrected chi connectivity index (χ1v) is 10.8. The smallest absolute Gasteiger partial charge is 0.413 e. The number of hydrogen-bond donors (Lipinski definition) is 1. The summed E-state index contributed by atoms with van der Waals surface area (Å²) in [5.74, 6) is 0.208. The number of aromatic nitrogens is 1. The van der Waals surface area contributed by atoms with E-state index >= 15 is 0 Å². The summed E-state index contributed by atoms with van der Waals surface area (Å²) in [5, 5.41) is 2.71. The molecule has 2 aromatic rings. The van der Waals surface area contributed by atoms with Gasteiger partial charge in [-0.2, -0.15) is 0 Å². The highest BCUT2D eigenvalue weighted by Crippen LogP contribution is 2.22. The van der Waals surface area contributed by atoms with E-state index in [9.17, 15) is 14.0 Å². The number of aliphatic imine (C=N–C) groups is 1. The predicted octanol–water partition coefficient (Wildman–Crippen LogP) is 3.69. The molecular formula is C24H26FN3O4. The predicted molar refractivity (Wildman–Crippen MR) is 116 cm³/mol. The van der Waals surface area contributed by atoms with Crippen LogP contribution >= 0.6 is 0 Å². The van der Waals surface area contributed by atoms with Gasteiger partial charge in [0, 0.05) is 43.1 Å². The molecular weight excluding hydrogens is 413 g/mol. The van der Waals surface area contributed by atoms with Gasteiger partial charge in [0.25, 0.3) is 0 Å². The van der Waals surface area contributed by atoms with Gasteiger partial charge in [0.05, 0.1) is 19.8 Å². The van der Waals surface area contributed by atoms with Crippen LogP contribution in [0.25, 0.3) is 0 Å². The van der Waals surface area contributed by atoms with Crippen molar-refractivity contribution in [3.63, 3.8) is 0 Å². The minimum absolute atomic E-state index is 0.00148. The molecule has 1 fully saturated rings. The van der Waals surface area contributed by atoms with E-state index in [2.05, 4.69) is 15.3 Å². The molecule has 7 nitrogen and oxygen atoms in total. The van der Waals surface area contributed by atoms with Crippen LogP contribution in [-0.2, 0) is 27.2 Å². The van der Waals surface area contributed by atoms with Crippen LogP contribution in [0.3, 0.4) is 0 Å². The Labute approximate surface area is 186 Å². The zero-order valence-corrected chi connectivity index (χ0v) is 18.0. The van der Waals surface area contributed by atoms with Crippen molar-refractivity contribution in [2.75, 3.05) is 13.2 Å². The lowest BCUT2D eigenvalue weighted by Gasteiger charge is -2.22. The summed E-state index contributed by atoms with van der Waals surface area (Å²) in [7, 11) is 0. The first kappa shape index (κ1) is 22.1. The summed E-state index contributed by atoms with van der Waals surface area (Å²) in [6, 6.07) is 8.09. The summed E-state index contributed by atoms with van der Waals surface area (Å²) in [6.45, 7) is 3.55. The molecule has 0 radical (unpaired) electrons. The van der Waals surface area contributed by atoms with E-state index in [1.165, 1.54) is 12.1 Å². The highest BCUT2D eigenvalue weighted by molar-refractivity contribution is 6.08. The molecule has 32 heavy (non-hydrogen) atoms. The van der Waals surface area contributed by atoms with Crippen LogP contribution in [0.2, 0.25) is 0 Å². The zero-order valence-electron chi connectivity index (χ0n) is 18.0.